The van der Waals surface area contributed by atoms with Gasteiger partial charge < -0.3 is 19.8 Å². The van der Waals surface area contributed by atoms with Gasteiger partial charge in [-0.05, 0) is 17.7 Å². The van der Waals surface area contributed by atoms with Crippen LogP contribution in [0.2, 0.25) is 5.22 Å². The predicted molar refractivity (Wildman–Crippen MR) is 58.7 cm³/mol. The van der Waals surface area contributed by atoms with Gasteiger partial charge in [-0.25, -0.2) is 0 Å². The van der Waals surface area contributed by atoms with Crippen LogP contribution < -0.4 is 10.6 Å². The van der Waals surface area contributed by atoms with Gasteiger partial charge in [-0.1, -0.05) is 0 Å². The molecule has 6 heteroatoms. The summed E-state index contributed by atoms with van der Waals surface area (Å²) in [4.78, 5) is 11.6. The Morgan fingerprint density at radius 3 is 3.19 bits per heavy atom. The molecule has 16 heavy (non-hydrogen) atoms. The van der Waals surface area contributed by atoms with Crippen LogP contribution in [0.3, 0.4) is 0 Å². The first kappa shape index (κ1) is 11.4. The number of hydrogen-bond acceptors (Lipinski definition) is 4. The molecule has 0 spiro atoms. The van der Waals surface area contributed by atoms with Crippen molar-refractivity contribution in [2.45, 2.75) is 6.04 Å². The van der Waals surface area contributed by atoms with Gasteiger partial charge in [-0.2, -0.15) is 0 Å². The van der Waals surface area contributed by atoms with Crippen molar-refractivity contribution >= 4 is 17.5 Å². The second-order valence-electron chi connectivity index (χ2n) is 3.54. The molecule has 2 heterocycles. The number of carbonyl (C=O) groups excluding carboxylic acids is 1. The van der Waals surface area contributed by atoms with Crippen LogP contribution in [0.25, 0.3) is 0 Å². The second kappa shape index (κ2) is 5.34. The molecule has 2 N–H and O–H groups in total. The summed E-state index contributed by atoms with van der Waals surface area (Å²) in [5, 5.41) is 6.12. The Hall–Kier alpha value is -1.04. The summed E-state index contributed by atoms with van der Waals surface area (Å²) in [6, 6.07) is 1.70. The molecule has 1 amide bonds. The molecule has 1 unspecified atom stereocenters. The summed E-state index contributed by atoms with van der Waals surface area (Å²) in [6.45, 7) is 2.66. The zero-order chi connectivity index (χ0) is 11.4. The molecule has 0 radical (unpaired) electrons. The van der Waals surface area contributed by atoms with Gasteiger partial charge >= 0.3 is 0 Å². The lowest BCUT2D eigenvalue weighted by Gasteiger charge is -2.23. The number of carbonyl (C=O) groups is 1. The lowest BCUT2D eigenvalue weighted by molar-refractivity contribution is 0.0734. The van der Waals surface area contributed by atoms with Gasteiger partial charge in [-0.3, -0.25) is 4.79 Å². The van der Waals surface area contributed by atoms with E-state index >= 15 is 0 Å². The van der Waals surface area contributed by atoms with Crippen LogP contribution in [0.4, 0.5) is 0 Å². The molecule has 2 rings (SSSR count). The number of hydrogen-bond donors (Lipinski definition) is 2. The van der Waals surface area contributed by atoms with Crippen LogP contribution in [0, 0.1) is 0 Å². The maximum atomic E-state index is 11.6. The number of ether oxygens (including phenoxy) is 1. The molecule has 1 aromatic heterocycles. The fourth-order valence-corrected chi connectivity index (χ4v) is 1.72. The fraction of sp³-hybridized carbons (Fsp3) is 0.500. The summed E-state index contributed by atoms with van der Waals surface area (Å²) in [7, 11) is 0. The first-order valence-corrected chi connectivity index (χ1v) is 5.47. The molecule has 5 nitrogen and oxygen atoms in total. The van der Waals surface area contributed by atoms with E-state index in [-0.39, 0.29) is 17.2 Å². The Kier molecular flexibility index (Phi) is 3.82. The van der Waals surface area contributed by atoms with Gasteiger partial charge in [0.2, 0.25) is 5.22 Å². The van der Waals surface area contributed by atoms with Crippen LogP contribution in [-0.2, 0) is 4.74 Å². The van der Waals surface area contributed by atoms with Crippen molar-refractivity contribution in [3.05, 3.63) is 23.1 Å². The van der Waals surface area contributed by atoms with E-state index in [1.54, 1.807) is 6.07 Å². The molecule has 0 aromatic carbocycles. The third-order valence-corrected chi connectivity index (χ3v) is 2.66. The SMILES string of the molecule is O=C(NCC1COCCN1)c1ccoc1Cl. The van der Waals surface area contributed by atoms with E-state index in [0.29, 0.717) is 18.7 Å². The molecule has 1 atom stereocenters. The highest BCUT2D eigenvalue weighted by Gasteiger charge is 2.16. The second-order valence-corrected chi connectivity index (χ2v) is 3.89. The number of halogens is 1. The van der Waals surface area contributed by atoms with E-state index in [1.807, 2.05) is 0 Å². The van der Waals surface area contributed by atoms with Crippen LogP contribution in [0.5, 0.6) is 0 Å². The molecule has 1 aromatic rings. The highest BCUT2D eigenvalue weighted by molar-refractivity contribution is 6.32. The standard InChI is InChI=1S/C10H13ClN2O3/c11-9-8(1-3-16-9)10(14)13-5-7-6-15-4-2-12-7/h1,3,7,12H,2,4-6H2,(H,13,14). The van der Waals surface area contributed by atoms with E-state index in [0.717, 1.165) is 13.2 Å². The fourth-order valence-electron chi connectivity index (χ4n) is 1.52. The zero-order valence-electron chi connectivity index (χ0n) is 8.66. The minimum Gasteiger partial charge on any atom is -0.452 e. The van der Waals surface area contributed by atoms with Crippen molar-refractivity contribution in [2.75, 3.05) is 26.3 Å². The topological polar surface area (TPSA) is 63.5 Å². The average molecular weight is 245 g/mol. The maximum Gasteiger partial charge on any atom is 0.256 e. The summed E-state index contributed by atoms with van der Waals surface area (Å²) in [6.07, 6.45) is 1.39. The highest BCUT2D eigenvalue weighted by Crippen LogP contribution is 2.15. The molecular formula is C10H13ClN2O3. The third kappa shape index (κ3) is 2.75. The van der Waals surface area contributed by atoms with Gasteiger partial charge in [-0.15, -0.1) is 0 Å². The smallest absolute Gasteiger partial charge is 0.256 e. The quantitative estimate of drug-likeness (QED) is 0.820. The number of amides is 1. The Balaban J connectivity index is 1.81. The zero-order valence-corrected chi connectivity index (χ0v) is 9.42. The average Bonchev–Trinajstić information content (AvgIpc) is 2.74. The highest BCUT2D eigenvalue weighted by atomic mass is 35.5. The molecule has 88 valence electrons. The normalized spacial score (nSPS) is 20.7. The van der Waals surface area contributed by atoms with Gasteiger partial charge in [0.15, 0.2) is 0 Å². The summed E-state index contributed by atoms with van der Waals surface area (Å²) < 4.78 is 10.1. The van der Waals surface area contributed by atoms with Crippen LogP contribution in [0.1, 0.15) is 10.4 Å². The molecular weight excluding hydrogens is 232 g/mol. The minimum atomic E-state index is -0.230. The lowest BCUT2D eigenvalue weighted by Crippen LogP contribution is -2.48. The monoisotopic (exact) mass is 244 g/mol. The van der Waals surface area contributed by atoms with Crippen LogP contribution >= 0.6 is 11.6 Å². The van der Waals surface area contributed by atoms with Crippen LogP contribution in [-0.4, -0.2) is 38.3 Å². The first-order valence-electron chi connectivity index (χ1n) is 5.09. The first-order chi connectivity index (χ1) is 7.77. The Labute approximate surface area is 98.1 Å². The van der Waals surface area contributed by atoms with Crippen molar-refractivity contribution in [2.24, 2.45) is 0 Å². The molecule has 0 saturated carbocycles. The number of morpholine rings is 1. The lowest BCUT2D eigenvalue weighted by atomic mass is 10.2. The van der Waals surface area contributed by atoms with E-state index in [2.05, 4.69) is 10.6 Å². The molecule has 0 bridgehead atoms. The molecule has 1 aliphatic heterocycles. The summed E-state index contributed by atoms with van der Waals surface area (Å²) in [5.41, 5.74) is 0.360. The van der Waals surface area contributed by atoms with Crippen molar-refractivity contribution in [3.63, 3.8) is 0 Å². The molecule has 0 aliphatic carbocycles. The predicted octanol–water partition coefficient (Wildman–Crippen LogP) is 0.651. The Bertz CT molecular complexity index is 361. The number of nitrogens with one attached hydrogen (secondary N) is 2. The van der Waals surface area contributed by atoms with E-state index in [1.165, 1.54) is 6.26 Å². The van der Waals surface area contributed by atoms with Crippen molar-refractivity contribution in [1.82, 2.24) is 10.6 Å². The van der Waals surface area contributed by atoms with Gasteiger partial charge in [0.05, 0.1) is 25.0 Å². The van der Waals surface area contributed by atoms with Crippen LogP contribution in [0.15, 0.2) is 16.7 Å². The summed E-state index contributed by atoms with van der Waals surface area (Å²) in [5.74, 6) is -0.230. The summed E-state index contributed by atoms with van der Waals surface area (Å²) >= 11 is 5.69. The largest absolute Gasteiger partial charge is 0.452 e. The van der Waals surface area contributed by atoms with Gasteiger partial charge in [0.25, 0.3) is 5.91 Å². The van der Waals surface area contributed by atoms with Crippen molar-refractivity contribution in [1.29, 1.82) is 0 Å². The Morgan fingerprint density at radius 1 is 1.69 bits per heavy atom. The Morgan fingerprint density at radius 2 is 2.56 bits per heavy atom. The van der Waals surface area contributed by atoms with Crippen molar-refractivity contribution < 1.29 is 13.9 Å². The number of furan rings is 1. The van der Waals surface area contributed by atoms with Gasteiger partial charge in [0.1, 0.15) is 0 Å². The maximum absolute atomic E-state index is 11.6. The van der Waals surface area contributed by atoms with E-state index < -0.39 is 0 Å². The molecule has 1 saturated heterocycles. The molecule has 1 aliphatic rings. The third-order valence-electron chi connectivity index (χ3n) is 2.37. The van der Waals surface area contributed by atoms with Gasteiger partial charge in [0, 0.05) is 19.1 Å². The van der Waals surface area contributed by atoms with E-state index in [4.69, 9.17) is 20.8 Å². The van der Waals surface area contributed by atoms with E-state index in [9.17, 15) is 4.79 Å². The van der Waals surface area contributed by atoms with Crippen molar-refractivity contribution in [3.8, 4) is 0 Å². The minimum absolute atomic E-state index is 0.116. The number of rotatable bonds is 3. The molecule has 1 fully saturated rings.